The molecule has 0 unspecified atom stereocenters. The van der Waals surface area contributed by atoms with Gasteiger partial charge in [0.25, 0.3) is 5.91 Å². The number of carbonyl (C=O) groups is 1. The van der Waals surface area contributed by atoms with E-state index in [0.29, 0.717) is 16.8 Å². The molecule has 0 N–H and O–H groups in total. The molecule has 0 fully saturated rings. The highest BCUT2D eigenvalue weighted by molar-refractivity contribution is 9.10. The molecule has 7 heteroatoms. The van der Waals surface area contributed by atoms with Crippen molar-refractivity contribution in [2.24, 2.45) is 0 Å². The zero-order valence-electron chi connectivity index (χ0n) is 15.9. The fraction of sp³-hybridized carbons (Fsp3) is 0.238. The number of benzene rings is 2. The summed E-state index contributed by atoms with van der Waals surface area (Å²) in [4.78, 5) is 14.1. The van der Waals surface area contributed by atoms with Crippen LogP contribution in [0.15, 0.2) is 53.0 Å². The van der Waals surface area contributed by atoms with E-state index in [9.17, 15) is 9.18 Å². The fourth-order valence-corrected chi connectivity index (χ4v) is 3.36. The van der Waals surface area contributed by atoms with Gasteiger partial charge in [-0.05, 0) is 60.1 Å². The van der Waals surface area contributed by atoms with Gasteiger partial charge in [-0.1, -0.05) is 18.2 Å². The maximum atomic E-state index is 13.1. The molecular weight excluding hydrogens is 425 g/mol. The summed E-state index contributed by atoms with van der Waals surface area (Å²) in [7, 11) is 1.73. The van der Waals surface area contributed by atoms with Gasteiger partial charge in [0.2, 0.25) is 0 Å². The fourth-order valence-electron chi connectivity index (χ4n) is 2.89. The van der Waals surface area contributed by atoms with E-state index in [1.807, 2.05) is 48.9 Å². The van der Waals surface area contributed by atoms with Crippen molar-refractivity contribution in [3.05, 3.63) is 75.8 Å². The average Bonchev–Trinajstić information content (AvgIpc) is 2.96. The number of para-hydroxylation sites is 1. The van der Waals surface area contributed by atoms with Crippen LogP contribution in [0.3, 0.4) is 0 Å². The Morgan fingerprint density at radius 2 is 1.93 bits per heavy atom. The van der Waals surface area contributed by atoms with Gasteiger partial charge < -0.3 is 9.64 Å². The quantitative estimate of drug-likeness (QED) is 0.563. The van der Waals surface area contributed by atoms with Crippen molar-refractivity contribution in [2.45, 2.75) is 20.4 Å². The van der Waals surface area contributed by atoms with E-state index < -0.39 is 0 Å². The number of rotatable bonds is 6. The number of nitrogens with zero attached hydrogens (tertiary/aromatic N) is 3. The Morgan fingerprint density at radius 3 is 2.61 bits per heavy atom. The highest BCUT2D eigenvalue weighted by Crippen LogP contribution is 2.25. The van der Waals surface area contributed by atoms with Crippen LogP contribution < -0.4 is 4.74 Å². The number of aryl methyl sites for hydroxylation is 1. The monoisotopic (exact) mass is 445 g/mol. The molecule has 0 spiro atoms. The van der Waals surface area contributed by atoms with Gasteiger partial charge in [0.05, 0.1) is 15.9 Å². The first-order valence-electron chi connectivity index (χ1n) is 8.79. The summed E-state index contributed by atoms with van der Waals surface area (Å²) < 4.78 is 21.0. The third kappa shape index (κ3) is 4.42. The summed E-state index contributed by atoms with van der Waals surface area (Å²) in [6, 6.07) is 14.0. The summed E-state index contributed by atoms with van der Waals surface area (Å²) >= 11 is 3.23. The van der Waals surface area contributed by atoms with Crippen LogP contribution in [0.4, 0.5) is 4.39 Å². The molecule has 1 amide bonds. The van der Waals surface area contributed by atoms with Gasteiger partial charge >= 0.3 is 0 Å². The lowest BCUT2D eigenvalue weighted by atomic mass is 10.2. The van der Waals surface area contributed by atoms with Crippen LogP contribution in [0.2, 0.25) is 0 Å². The van der Waals surface area contributed by atoms with Gasteiger partial charge in [0.15, 0.2) is 6.61 Å². The zero-order chi connectivity index (χ0) is 20.3. The third-order valence-electron chi connectivity index (χ3n) is 4.51. The van der Waals surface area contributed by atoms with Gasteiger partial charge in [-0.15, -0.1) is 0 Å². The smallest absolute Gasteiger partial charge is 0.260 e. The molecule has 2 aromatic carbocycles. The zero-order valence-corrected chi connectivity index (χ0v) is 17.5. The first-order chi connectivity index (χ1) is 13.4. The molecule has 3 rings (SSSR count). The van der Waals surface area contributed by atoms with E-state index in [0.717, 1.165) is 22.6 Å². The number of likely N-dealkylation sites (N-methyl/N-ethyl adjacent to an activating group) is 1. The topological polar surface area (TPSA) is 47.4 Å². The van der Waals surface area contributed by atoms with Crippen molar-refractivity contribution in [3.63, 3.8) is 0 Å². The van der Waals surface area contributed by atoms with Gasteiger partial charge in [-0.2, -0.15) is 5.10 Å². The van der Waals surface area contributed by atoms with E-state index in [1.165, 1.54) is 18.2 Å². The Morgan fingerprint density at radius 1 is 1.21 bits per heavy atom. The minimum absolute atomic E-state index is 0.133. The maximum Gasteiger partial charge on any atom is 0.260 e. The summed E-state index contributed by atoms with van der Waals surface area (Å²) in [5.74, 6) is -0.126. The van der Waals surface area contributed by atoms with Crippen LogP contribution in [0.1, 0.15) is 17.0 Å². The maximum absolute atomic E-state index is 13.1. The SMILES string of the molecule is Cc1nn(-c2ccccc2)c(C)c1CN(C)C(=O)COc1ccc(F)cc1Br. The van der Waals surface area contributed by atoms with E-state index >= 15 is 0 Å². The number of hydrogen-bond acceptors (Lipinski definition) is 3. The van der Waals surface area contributed by atoms with Crippen LogP contribution in [0, 0.1) is 19.7 Å². The lowest BCUT2D eigenvalue weighted by Crippen LogP contribution is -2.31. The summed E-state index contributed by atoms with van der Waals surface area (Å²) in [6.45, 7) is 4.22. The van der Waals surface area contributed by atoms with Crippen molar-refractivity contribution in [1.82, 2.24) is 14.7 Å². The van der Waals surface area contributed by atoms with Crippen LogP contribution >= 0.6 is 15.9 Å². The van der Waals surface area contributed by atoms with E-state index in [4.69, 9.17) is 4.74 Å². The molecule has 1 aromatic heterocycles. The van der Waals surface area contributed by atoms with E-state index in [-0.39, 0.29) is 18.3 Å². The normalized spacial score (nSPS) is 10.8. The van der Waals surface area contributed by atoms with Crippen molar-refractivity contribution in [2.75, 3.05) is 13.7 Å². The van der Waals surface area contributed by atoms with Crippen molar-refractivity contribution < 1.29 is 13.9 Å². The minimum atomic E-state index is -0.371. The molecule has 0 bridgehead atoms. The summed E-state index contributed by atoms with van der Waals surface area (Å²) in [5, 5.41) is 4.61. The average molecular weight is 446 g/mol. The number of halogens is 2. The van der Waals surface area contributed by atoms with Gasteiger partial charge in [-0.3, -0.25) is 4.79 Å². The molecule has 0 aliphatic carbocycles. The molecular formula is C21H21BrFN3O2. The molecule has 0 saturated heterocycles. The van der Waals surface area contributed by atoms with Crippen LogP contribution in [-0.4, -0.2) is 34.2 Å². The summed E-state index contributed by atoms with van der Waals surface area (Å²) in [5.41, 5.74) is 3.85. The van der Waals surface area contributed by atoms with Crippen molar-refractivity contribution >= 4 is 21.8 Å². The van der Waals surface area contributed by atoms with Crippen LogP contribution in [-0.2, 0) is 11.3 Å². The minimum Gasteiger partial charge on any atom is -0.483 e. The van der Waals surface area contributed by atoms with Gasteiger partial charge in [0.1, 0.15) is 11.6 Å². The molecule has 0 saturated carbocycles. The number of hydrogen-bond donors (Lipinski definition) is 0. The molecule has 28 heavy (non-hydrogen) atoms. The molecule has 146 valence electrons. The number of carbonyl (C=O) groups excluding carboxylic acids is 1. The lowest BCUT2D eigenvalue weighted by Gasteiger charge is -2.18. The molecule has 3 aromatic rings. The largest absolute Gasteiger partial charge is 0.483 e. The van der Waals surface area contributed by atoms with Crippen molar-refractivity contribution in [3.8, 4) is 11.4 Å². The highest BCUT2D eigenvalue weighted by Gasteiger charge is 2.18. The van der Waals surface area contributed by atoms with Gasteiger partial charge in [0, 0.05) is 24.8 Å². The molecule has 0 atom stereocenters. The van der Waals surface area contributed by atoms with Crippen LogP contribution in [0.5, 0.6) is 5.75 Å². The first-order valence-corrected chi connectivity index (χ1v) is 9.58. The Balaban J connectivity index is 1.68. The van der Waals surface area contributed by atoms with Crippen LogP contribution in [0.25, 0.3) is 5.69 Å². The summed E-state index contributed by atoms with van der Waals surface area (Å²) in [6.07, 6.45) is 0. The standard InChI is InChI=1S/C21H21BrFN3O2/c1-14-18(15(2)26(24-14)17-7-5-4-6-8-17)12-25(3)21(27)13-28-20-10-9-16(23)11-19(20)22/h4-11H,12-13H2,1-3H3. The second-order valence-electron chi connectivity index (χ2n) is 6.51. The Hall–Kier alpha value is -2.67. The molecule has 0 aliphatic heterocycles. The first kappa shape index (κ1) is 20.1. The number of aromatic nitrogens is 2. The second-order valence-corrected chi connectivity index (χ2v) is 7.36. The van der Waals surface area contributed by atoms with Gasteiger partial charge in [-0.25, -0.2) is 9.07 Å². The molecule has 5 nitrogen and oxygen atoms in total. The Bertz CT molecular complexity index is 989. The van der Waals surface area contributed by atoms with E-state index in [1.54, 1.807) is 11.9 Å². The van der Waals surface area contributed by atoms with Crippen molar-refractivity contribution in [1.29, 1.82) is 0 Å². The lowest BCUT2D eigenvalue weighted by molar-refractivity contribution is -0.132. The molecule has 0 radical (unpaired) electrons. The molecule has 0 aliphatic rings. The third-order valence-corrected chi connectivity index (χ3v) is 5.13. The second kappa shape index (κ2) is 8.56. The van der Waals surface area contributed by atoms with E-state index in [2.05, 4.69) is 21.0 Å². The molecule has 1 heterocycles. The number of ether oxygens (including phenoxy) is 1. The highest BCUT2D eigenvalue weighted by atomic mass is 79.9. The predicted octanol–water partition coefficient (Wildman–Crippen LogP) is 4.43. The Labute approximate surface area is 171 Å². The predicted molar refractivity (Wildman–Crippen MR) is 109 cm³/mol. The number of amides is 1. The Kier molecular flexibility index (Phi) is 6.14.